The van der Waals surface area contributed by atoms with E-state index in [1.807, 2.05) is 0 Å². The summed E-state index contributed by atoms with van der Waals surface area (Å²) in [5.41, 5.74) is -0.326. The van der Waals surface area contributed by atoms with Crippen LogP contribution in [-0.2, 0) is 0 Å². The monoisotopic (exact) mass is 323 g/mol. The Morgan fingerprint density at radius 1 is 0.870 bits per heavy atom. The lowest BCUT2D eigenvalue weighted by Crippen LogP contribution is -2.21. The molecule has 0 aliphatic heterocycles. The Hall–Kier alpha value is -1.85. The Kier molecular flexibility index (Phi) is 4.41. The zero-order chi connectivity index (χ0) is 16.6. The summed E-state index contributed by atoms with van der Waals surface area (Å²) in [6.45, 7) is 3.13. The van der Waals surface area contributed by atoms with Gasteiger partial charge in [0.1, 0.15) is 17.0 Å². The average Bonchev–Trinajstić information content (AvgIpc) is 2.77. The van der Waals surface area contributed by atoms with Crippen LogP contribution in [0.5, 0.6) is 0 Å². The van der Waals surface area contributed by atoms with Gasteiger partial charge in [-0.3, -0.25) is 0 Å². The van der Waals surface area contributed by atoms with Crippen molar-refractivity contribution in [3.63, 3.8) is 0 Å². The van der Waals surface area contributed by atoms with Gasteiger partial charge in [0.05, 0.1) is 11.1 Å². The number of fused-ring (bicyclic) bond motifs is 1. The molecule has 3 rings (SSSR count). The van der Waals surface area contributed by atoms with E-state index in [1.54, 1.807) is 6.92 Å². The second kappa shape index (κ2) is 6.34. The van der Waals surface area contributed by atoms with Crippen molar-refractivity contribution in [2.75, 3.05) is 5.32 Å². The van der Waals surface area contributed by atoms with Crippen molar-refractivity contribution in [2.24, 2.45) is 0 Å². The molecule has 1 N–H and O–H groups in total. The number of nitrogens with one attached hydrogen (secondary N) is 1. The third kappa shape index (κ3) is 2.99. The van der Waals surface area contributed by atoms with E-state index < -0.39 is 23.1 Å². The van der Waals surface area contributed by atoms with Crippen LogP contribution in [-0.4, -0.2) is 16.0 Å². The zero-order valence-corrected chi connectivity index (χ0v) is 13.3. The fourth-order valence-electron chi connectivity index (χ4n) is 3.32. The number of hydrogen-bond acceptors (Lipinski definition) is 3. The fraction of sp³-hybridized carbons (Fsp3) is 0.529. The number of rotatable bonds is 2. The number of anilines is 1. The third-order valence-electron chi connectivity index (χ3n) is 4.46. The highest BCUT2D eigenvalue weighted by Crippen LogP contribution is 2.33. The first kappa shape index (κ1) is 16.0. The molecule has 0 saturated heterocycles. The molecule has 124 valence electrons. The van der Waals surface area contributed by atoms with Gasteiger partial charge in [-0.2, -0.15) is 0 Å². The predicted molar refractivity (Wildman–Crippen MR) is 84.0 cm³/mol. The van der Waals surface area contributed by atoms with Crippen LogP contribution in [0, 0.1) is 31.3 Å². The summed E-state index contributed by atoms with van der Waals surface area (Å²) < 4.78 is 43.6. The highest BCUT2D eigenvalue weighted by atomic mass is 19.2. The normalized spacial score (nSPS) is 16.6. The van der Waals surface area contributed by atoms with Gasteiger partial charge in [-0.25, -0.2) is 23.1 Å². The molecule has 1 fully saturated rings. The fourth-order valence-corrected chi connectivity index (χ4v) is 3.32. The summed E-state index contributed by atoms with van der Waals surface area (Å²) in [5, 5.41) is 2.70. The van der Waals surface area contributed by atoms with Crippen LogP contribution in [0.2, 0.25) is 0 Å². The number of halogens is 3. The van der Waals surface area contributed by atoms with Crippen molar-refractivity contribution >= 4 is 16.6 Å². The Balaban J connectivity index is 2.09. The van der Waals surface area contributed by atoms with E-state index in [2.05, 4.69) is 15.3 Å². The quantitative estimate of drug-likeness (QED) is 0.637. The second-order valence-corrected chi connectivity index (χ2v) is 6.23. The van der Waals surface area contributed by atoms with Gasteiger partial charge < -0.3 is 5.32 Å². The minimum absolute atomic E-state index is 0.0395. The van der Waals surface area contributed by atoms with Crippen molar-refractivity contribution in [2.45, 2.75) is 58.4 Å². The van der Waals surface area contributed by atoms with Crippen molar-refractivity contribution in [1.29, 1.82) is 0 Å². The molecule has 0 radical (unpaired) electrons. The minimum atomic E-state index is -1.19. The van der Waals surface area contributed by atoms with Crippen LogP contribution in [0.1, 0.15) is 50.0 Å². The molecular weight excluding hydrogens is 303 g/mol. The SMILES string of the molecule is Cc1nc(C)c2c(F)c(F)c(NC3CCCCCC3)c(F)c2n1. The third-order valence-corrected chi connectivity index (χ3v) is 4.46. The summed E-state index contributed by atoms with van der Waals surface area (Å²) in [4.78, 5) is 7.98. The maximum Gasteiger partial charge on any atom is 0.185 e. The molecule has 6 heteroatoms. The molecule has 3 nitrogen and oxygen atoms in total. The lowest BCUT2D eigenvalue weighted by atomic mass is 10.1. The van der Waals surface area contributed by atoms with Crippen LogP contribution in [0.15, 0.2) is 0 Å². The number of nitrogens with zero attached hydrogens (tertiary/aromatic N) is 2. The molecule has 0 amide bonds. The molecule has 1 saturated carbocycles. The van der Waals surface area contributed by atoms with Gasteiger partial charge in [-0.05, 0) is 26.7 Å². The summed E-state index contributed by atoms with van der Waals surface area (Å²) >= 11 is 0. The first-order valence-electron chi connectivity index (χ1n) is 8.07. The van der Waals surface area contributed by atoms with Gasteiger partial charge >= 0.3 is 0 Å². The Bertz CT molecular complexity index is 738. The topological polar surface area (TPSA) is 37.8 Å². The van der Waals surface area contributed by atoms with E-state index in [1.165, 1.54) is 6.92 Å². The van der Waals surface area contributed by atoms with Crippen LogP contribution < -0.4 is 5.32 Å². The van der Waals surface area contributed by atoms with Crippen molar-refractivity contribution in [3.8, 4) is 0 Å². The molecule has 1 aromatic carbocycles. The standard InChI is InChI=1S/C17H20F3N3/c1-9-12-13(18)14(19)17(15(20)16(12)22-10(2)21-9)23-11-7-5-3-4-6-8-11/h11,23H,3-8H2,1-2H3. The molecule has 1 aliphatic rings. The van der Waals surface area contributed by atoms with Crippen LogP contribution >= 0.6 is 0 Å². The highest BCUT2D eigenvalue weighted by molar-refractivity contribution is 5.86. The van der Waals surface area contributed by atoms with E-state index in [9.17, 15) is 13.2 Å². The number of benzene rings is 1. The average molecular weight is 323 g/mol. The van der Waals surface area contributed by atoms with Crippen LogP contribution in [0.3, 0.4) is 0 Å². The van der Waals surface area contributed by atoms with Crippen molar-refractivity contribution in [3.05, 3.63) is 29.0 Å². The van der Waals surface area contributed by atoms with E-state index in [0.29, 0.717) is 5.82 Å². The Labute approximate surface area is 133 Å². The molecule has 0 bridgehead atoms. The maximum absolute atomic E-state index is 14.8. The first-order valence-corrected chi connectivity index (χ1v) is 8.07. The maximum atomic E-state index is 14.8. The Morgan fingerprint density at radius 2 is 1.52 bits per heavy atom. The number of hydrogen-bond donors (Lipinski definition) is 1. The summed E-state index contributed by atoms with van der Waals surface area (Å²) in [5.74, 6) is -2.78. The van der Waals surface area contributed by atoms with E-state index in [-0.39, 0.29) is 22.6 Å². The van der Waals surface area contributed by atoms with E-state index >= 15 is 0 Å². The van der Waals surface area contributed by atoms with Gasteiger partial charge in [0, 0.05) is 6.04 Å². The largest absolute Gasteiger partial charge is 0.377 e. The van der Waals surface area contributed by atoms with Gasteiger partial charge in [-0.15, -0.1) is 0 Å². The molecule has 1 heterocycles. The molecule has 1 aliphatic carbocycles. The molecule has 0 spiro atoms. The van der Waals surface area contributed by atoms with Gasteiger partial charge in [-0.1, -0.05) is 25.7 Å². The van der Waals surface area contributed by atoms with Crippen molar-refractivity contribution < 1.29 is 13.2 Å². The predicted octanol–water partition coefficient (Wildman–Crippen LogP) is 4.80. The second-order valence-electron chi connectivity index (χ2n) is 6.23. The molecule has 0 atom stereocenters. The molecule has 0 unspecified atom stereocenters. The first-order chi connectivity index (χ1) is 11.0. The molecular formula is C17H20F3N3. The summed E-state index contributed by atoms with van der Waals surface area (Å²) in [6.07, 6.45) is 5.94. The van der Waals surface area contributed by atoms with Crippen LogP contribution in [0.25, 0.3) is 10.9 Å². The van der Waals surface area contributed by atoms with E-state index in [4.69, 9.17) is 0 Å². The smallest absolute Gasteiger partial charge is 0.185 e. The lowest BCUT2D eigenvalue weighted by molar-refractivity contribution is 0.502. The highest BCUT2D eigenvalue weighted by Gasteiger charge is 2.25. The van der Waals surface area contributed by atoms with Gasteiger partial charge in [0.25, 0.3) is 0 Å². The lowest BCUT2D eigenvalue weighted by Gasteiger charge is -2.20. The van der Waals surface area contributed by atoms with Gasteiger partial charge in [0.15, 0.2) is 17.5 Å². The molecule has 2 aromatic rings. The molecule has 1 aromatic heterocycles. The minimum Gasteiger partial charge on any atom is -0.377 e. The number of aromatic nitrogens is 2. The van der Waals surface area contributed by atoms with Gasteiger partial charge in [0.2, 0.25) is 0 Å². The summed E-state index contributed by atoms with van der Waals surface area (Å²) in [6, 6.07) is -0.0395. The zero-order valence-electron chi connectivity index (χ0n) is 13.3. The molecule has 23 heavy (non-hydrogen) atoms. The number of aryl methyl sites for hydroxylation is 2. The van der Waals surface area contributed by atoms with Crippen molar-refractivity contribution in [1.82, 2.24) is 9.97 Å². The van der Waals surface area contributed by atoms with E-state index in [0.717, 1.165) is 38.5 Å². The van der Waals surface area contributed by atoms with Crippen LogP contribution in [0.4, 0.5) is 18.9 Å². The Morgan fingerprint density at radius 3 is 2.17 bits per heavy atom. The summed E-state index contributed by atoms with van der Waals surface area (Å²) in [7, 11) is 0.